The molecule has 0 aromatic carbocycles. The third-order valence-electron chi connectivity index (χ3n) is 2.36. The van der Waals surface area contributed by atoms with Crippen molar-refractivity contribution < 1.29 is 9.53 Å². The van der Waals surface area contributed by atoms with Crippen molar-refractivity contribution in [2.24, 2.45) is 0 Å². The molecular weight excluding hydrogens is 216 g/mol. The molecule has 1 fully saturated rings. The van der Waals surface area contributed by atoms with Gasteiger partial charge in [-0.3, -0.25) is 9.78 Å². The number of ether oxygens (including phenoxy) is 1. The van der Waals surface area contributed by atoms with E-state index >= 15 is 0 Å². The Kier molecular flexibility index (Phi) is 2.98. The minimum atomic E-state index is -1.23. The molecule has 4 nitrogen and oxygen atoms in total. The van der Waals surface area contributed by atoms with Gasteiger partial charge in [-0.05, 0) is 19.3 Å². The number of carbonyl (C=O) groups excluding carboxylic acids is 1. The smallest absolute Gasteiger partial charge is 0.229 e. The summed E-state index contributed by atoms with van der Waals surface area (Å²) in [6.07, 6.45) is 6.77. The first-order valence-electron chi connectivity index (χ1n) is 4.86. The molecule has 0 saturated carbocycles. The maximum absolute atomic E-state index is 12.0. The summed E-state index contributed by atoms with van der Waals surface area (Å²) in [6.45, 7) is 0.523. The summed E-state index contributed by atoms with van der Waals surface area (Å²) in [5, 5.41) is -1.23. The van der Waals surface area contributed by atoms with Crippen molar-refractivity contribution >= 4 is 17.4 Å². The molecule has 2 heterocycles. The van der Waals surface area contributed by atoms with Gasteiger partial charge < -0.3 is 4.74 Å². The minimum Gasteiger partial charge on any atom is -0.352 e. The molecule has 2 rings (SSSR count). The zero-order valence-corrected chi connectivity index (χ0v) is 8.91. The molecule has 15 heavy (non-hydrogen) atoms. The van der Waals surface area contributed by atoms with Crippen LogP contribution in [0.3, 0.4) is 0 Å². The standard InChI is InChI=1S/C10H11ClN2O2/c11-10(3-1-2-6-15-10)9(14)8-7-12-4-5-13-8/h4-5,7H,1-3,6H2. The van der Waals surface area contributed by atoms with Crippen LogP contribution in [0.5, 0.6) is 0 Å². The highest BCUT2D eigenvalue weighted by atomic mass is 35.5. The average Bonchev–Trinajstić information content (AvgIpc) is 2.30. The van der Waals surface area contributed by atoms with Gasteiger partial charge in [0.25, 0.3) is 0 Å². The molecule has 0 spiro atoms. The lowest BCUT2D eigenvalue weighted by Gasteiger charge is -2.29. The third-order valence-corrected chi connectivity index (χ3v) is 2.83. The summed E-state index contributed by atoms with van der Waals surface area (Å²) >= 11 is 6.12. The van der Waals surface area contributed by atoms with E-state index in [0.29, 0.717) is 13.0 Å². The van der Waals surface area contributed by atoms with E-state index in [1.807, 2.05) is 0 Å². The second-order valence-corrected chi connectivity index (χ2v) is 4.06. The number of rotatable bonds is 2. The number of hydrogen-bond donors (Lipinski definition) is 0. The molecular formula is C10H11ClN2O2. The van der Waals surface area contributed by atoms with Crippen LogP contribution in [0.15, 0.2) is 18.6 Å². The van der Waals surface area contributed by atoms with Crippen LogP contribution in [0.4, 0.5) is 0 Å². The summed E-state index contributed by atoms with van der Waals surface area (Å²) < 4.78 is 5.33. The lowest BCUT2D eigenvalue weighted by molar-refractivity contribution is -0.00532. The third kappa shape index (κ3) is 2.16. The second kappa shape index (κ2) is 4.24. The van der Waals surface area contributed by atoms with Crippen molar-refractivity contribution in [1.82, 2.24) is 9.97 Å². The van der Waals surface area contributed by atoms with Gasteiger partial charge in [0.05, 0.1) is 6.20 Å². The molecule has 1 aromatic heterocycles. The van der Waals surface area contributed by atoms with Gasteiger partial charge in [-0.2, -0.15) is 0 Å². The normalized spacial score (nSPS) is 26.2. The van der Waals surface area contributed by atoms with E-state index in [4.69, 9.17) is 16.3 Å². The van der Waals surface area contributed by atoms with Gasteiger partial charge in [0.15, 0.2) is 0 Å². The van der Waals surface area contributed by atoms with E-state index in [0.717, 1.165) is 12.8 Å². The Bertz CT molecular complexity index is 350. The number of hydrogen-bond acceptors (Lipinski definition) is 4. The zero-order chi connectivity index (χ0) is 10.7. The predicted molar refractivity (Wildman–Crippen MR) is 54.7 cm³/mol. The molecule has 1 saturated heterocycles. The van der Waals surface area contributed by atoms with E-state index in [1.54, 1.807) is 0 Å². The van der Waals surface area contributed by atoms with Crippen molar-refractivity contribution in [1.29, 1.82) is 0 Å². The first-order chi connectivity index (χ1) is 7.22. The Hall–Kier alpha value is -1.00. The molecule has 0 N–H and O–H groups in total. The van der Waals surface area contributed by atoms with Crippen LogP contribution in [0.2, 0.25) is 0 Å². The van der Waals surface area contributed by atoms with Crippen molar-refractivity contribution in [2.75, 3.05) is 6.61 Å². The lowest BCUT2D eigenvalue weighted by atomic mass is 10.0. The number of ketones is 1. The Morgan fingerprint density at radius 1 is 1.47 bits per heavy atom. The quantitative estimate of drug-likeness (QED) is 0.570. The van der Waals surface area contributed by atoms with E-state index in [1.165, 1.54) is 18.6 Å². The average molecular weight is 227 g/mol. The fourth-order valence-corrected chi connectivity index (χ4v) is 1.85. The summed E-state index contributed by atoms with van der Waals surface area (Å²) in [6, 6.07) is 0. The van der Waals surface area contributed by atoms with Crippen LogP contribution in [0.1, 0.15) is 29.8 Å². The number of aromatic nitrogens is 2. The number of nitrogens with zero attached hydrogens (tertiary/aromatic N) is 2. The van der Waals surface area contributed by atoms with E-state index in [-0.39, 0.29) is 11.5 Å². The lowest BCUT2D eigenvalue weighted by Crippen LogP contribution is -2.39. The maximum atomic E-state index is 12.0. The molecule has 0 bridgehead atoms. The predicted octanol–water partition coefficient (Wildman–Crippen LogP) is 1.79. The zero-order valence-electron chi connectivity index (χ0n) is 8.15. The van der Waals surface area contributed by atoms with Gasteiger partial charge in [-0.15, -0.1) is 0 Å². The van der Waals surface area contributed by atoms with Crippen LogP contribution in [-0.4, -0.2) is 27.4 Å². The molecule has 80 valence electrons. The first kappa shape index (κ1) is 10.5. The molecule has 1 aliphatic rings. The van der Waals surface area contributed by atoms with Gasteiger partial charge in [-0.1, -0.05) is 11.6 Å². The fraction of sp³-hybridized carbons (Fsp3) is 0.500. The Morgan fingerprint density at radius 3 is 2.93 bits per heavy atom. The van der Waals surface area contributed by atoms with E-state index in [2.05, 4.69) is 9.97 Å². The summed E-state index contributed by atoms with van der Waals surface area (Å²) in [5.41, 5.74) is 0.259. The molecule has 1 atom stereocenters. The number of Topliss-reactive ketones (excluding diaryl/α,β-unsaturated/α-hetero) is 1. The van der Waals surface area contributed by atoms with Crippen LogP contribution in [0, 0.1) is 0 Å². The Balaban J connectivity index is 2.20. The molecule has 0 radical (unpaired) electrons. The van der Waals surface area contributed by atoms with Gasteiger partial charge >= 0.3 is 0 Å². The summed E-state index contributed by atoms with van der Waals surface area (Å²) in [4.78, 5) is 19.7. The molecule has 1 unspecified atom stereocenters. The highest BCUT2D eigenvalue weighted by Gasteiger charge is 2.40. The molecule has 0 amide bonds. The molecule has 1 aliphatic heterocycles. The van der Waals surface area contributed by atoms with Gasteiger partial charge in [0, 0.05) is 19.0 Å². The number of alkyl halides is 1. The number of carbonyl (C=O) groups is 1. The highest BCUT2D eigenvalue weighted by molar-refractivity contribution is 6.36. The van der Waals surface area contributed by atoms with Crippen LogP contribution < -0.4 is 0 Å². The number of halogens is 1. The van der Waals surface area contributed by atoms with E-state index in [9.17, 15) is 4.79 Å². The highest BCUT2D eigenvalue weighted by Crippen LogP contribution is 2.31. The maximum Gasteiger partial charge on any atom is 0.229 e. The SMILES string of the molecule is O=C(c1cnccn1)C1(Cl)CCCCO1. The van der Waals surface area contributed by atoms with Crippen LogP contribution >= 0.6 is 11.6 Å². The van der Waals surface area contributed by atoms with Gasteiger partial charge in [0.2, 0.25) is 10.8 Å². The fourth-order valence-electron chi connectivity index (χ4n) is 1.55. The second-order valence-electron chi connectivity index (χ2n) is 3.45. The van der Waals surface area contributed by atoms with Crippen molar-refractivity contribution in [3.8, 4) is 0 Å². The van der Waals surface area contributed by atoms with Crippen molar-refractivity contribution in [3.63, 3.8) is 0 Å². The molecule has 1 aromatic rings. The van der Waals surface area contributed by atoms with Gasteiger partial charge in [0.1, 0.15) is 5.69 Å². The van der Waals surface area contributed by atoms with Crippen LogP contribution in [0.25, 0.3) is 0 Å². The Morgan fingerprint density at radius 2 is 2.33 bits per heavy atom. The summed E-state index contributed by atoms with van der Waals surface area (Å²) in [5.74, 6) is -0.294. The van der Waals surface area contributed by atoms with Crippen molar-refractivity contribution in [2.45, 2.75) is 24.3 Å². The summed E-state index contributed by atoms with van der Waals surface area (Å²) in [7, 11) is 0. The Labute approximate surface area is 92.6 Å². The first-order valence-corrected chi connectivity index (χ1v) is 5.24. The molecule has 5 heteroatoms. The minimum absolute atomic E-state index is 0.259. The monoisotopic (exact) mass is 226 g/mol. The topological polar surface area (TPSA) is 52.1 Å². The van der Waals surface area contributed by atoms with E-state index < -0.39 is 5.06 Å². The van der Waals surface area contributed by atoms with Crippen LogP contribution in [-0.2, 0) is 4.74 Å². The van der Waals surface area contributed by atoms with Crippen molar-refractivity contribution in [3.05, 3.63) is 24.3 Å². The molecule has 0 aliphatic carbocycles. The van der Waals surface area contributed by atoms with Gasteiger partial charge in [-0.25, -0.2) is 4.98 Å². The largest absolute Gasteiger partial charge is 0.352 e.